The van der Waals surface area contributed by atoms with Crippen molar-refractivity contribution in [2.75, 3.05) is 12.4 Å². The van der Waals surface area contributed by atoms with E-state index < -0.39 is 0 Å². The van der Waals surface area contributed by atoms with Gasteiger partial charge in [0, 0.05) is 0 Å². The van der Waals surface area contributed by atoms with Crippen molar-refractivity contribution >= 4 is 23.4 Å². The Hall–Kier alpha value is -2.03. The minimum Gasteiger partial charge on any atom is -0.466 e. The van der Waals surface area contributed by atoms with Crippen LogP contribution in [0, 0.1) is 0 Å². The number of hydrogen-bond acceptors (Lipinski definition) is 7. The highest BCUT2D eigenvalue weighted by Gasteiger charge is 2.16. The quantitative estimate of drug-likeness (QED) is 0.822. The molecule has 0 unspecified atom stereocenters. The average molecular weight is 254 g/mol. The summed E-state index contributed by atoms with van der Waals surface area (Å²) in [6.07, 6.45) is 0.652. The third-order valence-electron chi connectivity index (χ3n) is 1.98. The van der Waals surface area contributed by atoms with Gasteiger partial charge in [0.2, 0.25) is 5.95 Å². The molecule has 1 amide bonds. The number of nitrogens with one attached hydrogen (secondary N) is 2. The number of rotatable bonds is 4. The molecule has 0 radical (unpaired) electrons. The molecule has 0 fully saturated rings. The number of methoxy groups -OCH3 is 1. The Labute approximate surface area is 101 Å². The molecule has 2 N–H and O–H groups in total. The number of aryl methyl sites for hydroxylation is 1. The Bertz CT molecular complexity index is 522. The van der Waals surface area contributed by atoms with Gasteiger partial charge >= 0.3 is 6.01 Å². The van der Waals surface area contributed by atoms with E-state index in [2.05, 4.69) is 30.1 Å². The van der Waals surface area contributed by atoms with Crippen LogP contribution >= 0.6 is 11.5 Å². The van der Waals surface area contributed by atoms with E-state index in [1.54, 1.807) is 0 Å². The van der Waals surface area contributed by atoms with Crippen LogP contribution in [0.25, 0.3) is 0 Å². The topological polar surface area (TPSA) is 106 Å². The summed E-state index contributed by atoms with van der Waals surface area (Å²) in [4.78, 5) is 16.2. The van der Waals surface area contributed by atoms with Crippen LogP contribution < -0.4 is 10.1 Å². The van der Waals surface area contributed by atoms with Gasteiger partial charge in [0.05, 0.1) is 12.8 Å². The smallest absolute Gasteiger partial charge is 0.336 e. The zero-order chi connectivity index (χ0) is 12.3. The number of carbonyl (C=O) groups excluding carboxylic acids is 1. The lowest BCUT2D eigenvalue weighted by Gasteiger charge is -1.98. The van der Waals surface area contributed by atoms with E-state index >= 15 is 0 Å². The van der Waals surface area contributed by atoms with E-state index in [4.69, 9.17) is 4.74 Å². The van der Waals surface area contributed by atoms with Crippen molar-refractivity contribution in [1.29, 1.82) is 0 Å². The average Bonchev–Trinajstić information content (AvgIpc) is 2.96. The van der Waals surface area contributed by atoms with Gasteiger partial charge in [-0.2, -0.15) is 4.98 Å². The largest absolute Gasteiger partial charge is 0.466 e. The maximum absolute atomic E-state index is 11.8. The molecule has 0 aromatic carbocycles. The van der Waals surface area contributed by atoms with Crippen molar-refractivity contribution in [3.05, 3.63) is 10.6 Å². The van der Waals surface area contributed by atoms with E-state index in [0.717, 1.165) is 11.5 Å². The van der Waals surface area contributed by atoms with Crippen molar-refractivity contribution in [2.45, 2.75) is 13.3 Å². The summed E-state index contributed by atoms with van der Waals surface area (Å²) in [7, 11) is 1.44. The third kappa shape index (κ3) is 2.38. The molecule has 0 atom stereocenters. The Morgan fingerprint density at radius 2 is 2.41 bits per heavy atom. The molecule has 0 bridgehead atoms. The highest BCUT2D eigenvalue weighted by atomic mass is 32.1. The van der Waals surface area contributed by atoms with Gasteiger partial charge < -0.3 is 4.74 Å². The molecule has 0 aliphatic carbocycles. The molecule has 0 saturated carbocycles. The number of ether oxygens (including phenoxy) is 1. The molecule has 2 rings (SSSR count). The van der Waals surface area contributed by atoms with E-state index in [1.165, 1.54) is 7.11 Å². The second-order valence-electron chi connectivity index (χ2n) is 3.03. The molecule has 2 aromatic rings. The van der Waals surface area contributed by atoms with Gasteiger partial charge in [-0.05, 0) is 18.0 Å². The molecule has 0 spiro atoms. The first-order chi connectivity index (χ1) is 8.24. The molecule has 8 nitrogen and oxygen atoms in total. The SMILES string of the molecule is CCc1nnsc1C(=O)Nc1nc(OC)n[nH]1. The predicted octanol–water partition coefficient (Wildman–Crippen LogP) is 0.479. The maximum atomic E-state index is 11.8. The number of aromatic nitrogens is 5. The molecule has 2 heterocycles. The van der Waals surface area contributed by atoms with Crippen LogP contribution in [0.2, 0.25) is 0 Å². The fourth-order valence-corrected chi connectivity index (χ4v) is 1.82. The molecular formula is C8H10N6O2S. The molecular weight excluding hydrogens is 244 g/mol. The zero-order valence-corrected chi connectivity index (χ0v) is 10.0. The van der Waals surface area contributed by atoms with Crippen LogP contribution in [-0.2, 0) is 6.42 Å². The number of carbonyl (C=O) groups is 1. The molecule has 0 aliphatic heterocycles. The van der Waals surface area contributed by atoms with Crippen LogP contribution in [0.3, 0.4) is 0 Å². The van der Waals surface area contributed by atoms with Gasteiger partial charge in [0.1, 0.15) is 4.88 Å². The molecule has 0 aliphatic rings. The van der Waals surface area contributed by atoms with E-state index in [0.29, 0.717) is 17.0 Å². The lowest BCUT2D eigenvalue weighted by Crippen LogP contribution is -2.13. The summed E-state index contributed by atoms with van der Waals surface area (Å²) in [5, 5.41) is 12.7. The van der Waals surface area contributed by atoms with Crippen LogP contribution in [-0.4, -0.2) is 37.8 Å². The van der Waals surface area contributed by atoms with Crippen molar-refractivity contribution in [2.24, 2.45) is 0 Å². The van der Waals surface area contributed by atoms with Gasteiger partial charge in [-0.25, -0.2) is 5.10 Å². The molecule has 2 aromatic heterocycles. The number of nitrogens with zero attached hydrogens (tertiary/aromatic N) is 4. The minimum absolute atomic E-state index is 0.165. The normalized spacial score (nSPS) is 10.2. The van der Waals surface area contributed by atoms with Gasteiger partial charge in [-0.1, -0.05) is 11.4 Å². The highest BCUT2D eigenvalue weighted by Crippen LogP contribution is 2.13. The second kappa shape index (κ2) is 4.87. The summed E-state index contributed by atoms with van der Waals surface area (Å²) in [6, 6.07) is 0.165. The third-order valence-corrected chi connectivity index (χ3v) is 2.74. The lowest BCUT2D eigenvalue weighted by atomic mass is 10.3. The molecule has 90 valence electrons. The summed E-state index contributed by atoms with van der Waals surface area (Å²) in [5.74, 6) is -0.0852. The van der Waals surface area contributed by atoms with Crippen LogP contribution in [0.5, 0.6) is 6.01 Å². The number of H-pyrrole nitrogens is 1. The molecule has 17 heavy (non-hydrogen) atoms. The van der Waals surface area contributed by atoms with Gasteiger partial charge in [-0.3, -0.25) is 10.1 Å². The zero-order valence-electron chi connectivity index (χ0n) is 9.22. The Morgan fingerprint density at radius 3 is 3.06 bits per heavy atom. The number of anilines is 1. The Balaban J connectivity index is 2.11. The first kappa shape index (κ1) is 11.5. The Kier molecular flexibility index (Phi) is 3.28. The van der Waals surface area contributed by atoms with Crippen LogP contribution in [0.15, 0.2) is 0 Å². The molecule has 9 heteroatoms. The first-order valence-electron chi connectivity index (χ1n) is 4.83. The van der Waals surface area contributed by atoms with E-state index in [9.17, 15) is 4.79 Å². The second-order valence-corrected chi connectivity index (χ2v) is 3.78. The Morgan fingerprint density at radius 1 is 1.59 bits per heavy atom. The van der Waals surface area contributed by atoms with Crippen molar-refractivity contribution < 1.29 is 9.53 Å². The van der Waals surface area contributed by atoms with Crippen molar-refractivity contribution in [3.8, 4) is 6.01 Å². The number of amides is 1. The summed E-state index contributed by atoms with van der Waals surface area (Å²) in [5.41, 5.74) is 0.666. The summed E-state index contributed by atoms with van der Waals surface area (Å²) >= 11 is 1.05. The van der Waals surface area contributed by atoms with Crippen molar-refractivity contribution in [3.63, 3.8) is 0 Å². The standard InChI is InChI=1S/C8H10N6O2S/c1-3-4-5(17-14-11-4)6(15)9-7-10-8(16-2)13-12-7/h3H2,1-2H3,(H2,9,10,12,13,15). The van der Waals surface area contributed by atoms with Gasteiger partial charge in [0.15, 0.2) is 0 Å². The molecule has 0 saturated heterocycles. The summed E-state index contributed by atoms with van der Waals surface area (Å²) in [6.45, 7) is 1.91. The van der Waals surface area contributed by atoms with Gasteiger partial charge in [-0.15, -0.1) is 10.2 Å². The van der Waals surface area contributed by atoms with Crippen LogP contribution in [0.1, 0.15) is 22.3 Å². The highest BCUT2D eigenvalue weighted by molar-refractivity contribution is 7.08. The summed E-state index contributed by atoms with van der Waals surface area (Å²) < 4.78 is 8.52. The van der Waals surface area contributed by atoms with Crippen LogP contribution in [0.4, 0.5) is 5.95 Å². The van der Waals surface area contributed by atoms with Crippen molar-refractivity contribution in [1.82, 2.24) is 24.8 Å². The predicted molar refractivity (Wildman–Crippen MR) is 60.2 cm³/mol. The monoisotopic (exact) mass is 254 g/mol. The fraction of sp³-hybridized carbons (Fsp3) is 0.375. The lowest BCUT2D eigenvalue weighted by molar-refractivity contribution is 0.102. The van der Waals surface area contributed by atoms with E-state index in [-0.39, 0.29) is 17.9 Å². The number of hydrogen-bond donors (Lipinski definition) is 2. The number of aromatic amines is 1. The minimum atomic E-state index is -0.310. The van der Waals surface area contributed by atoms with E-state index in [1.807, 2.05) is 6.92 Å². The fourth-order valence-electron chi connectivity index (χ4n) is 1.17. The maximum Gasteiger partial charge on any atom is 0.336 e. The van der Waals surface area contributed by atoms with Gasteiger partial charge in [0.25, 0.3) is 5.91 Å². The first-order valence-corrected chi connectivity index (χ1v) is 5.61.